The molecule has 3 N–H and O–H groups in total. The van der Waals surface area contributed by atoms with Crippen LogP contribution in [0.25, 0.3) is 0 Å². The molecule has 19 nitrogen and oxygen atoms in total. The fourth-order valence-corrected chi connectivity index (χ4v) is 14.6. The van der Waals surface area contributed by atoms with E-state index in [-0.39, 0.29) is 73.9 Å². The third-order valence-corrected chi connectivity index (χ3v) is 20.2. The molecule has 8 aliphatic rings. The van der Waals surface area contributed by atoms with Crippen LogP contribution in [0.1, 0.15) is 171 Å². The van der Waals surface area contributed by atoms with Gasteiger partial charge in [0.15, 0.2) is 0 Å². The second-order valence-electron chi connectivity index (χ2n) is 26.6. The highest BCUT2D eigenvalue weighted by Gasteiger charge is 2.63. The number of hydrogen-bond donors (Lipinski definition) is 3. The predicted octanol–water partition coefficient (Wildman–Crippen LogP) is 14.7. The molecule has 8 atom stereocenters. The molecule has 4 aromatic carbocycles. The fourth-order valence-electron chi connectivity index (χ4n) is 14.1. The molecule has 22 heteroatoms. The van der Waals surface area contributed by atoms with Crippen molar-refractivity contribution in [2.75, 3.05) is 13.2 Å². The smallest absolute Gasteiger partial charge is 0.408 e. The zero-order valence-electron chi connectivity index (χ0n) is 55.6. The van der Waals surface area contributed by atoms with Crippen LogP contribution in [0.3, 0.4) is 0 Å². The molecule has 97 heavy (non-hydrogen) atoms. The maximum atomic E-state index is 14.4. The standard InChI is InChI=1S/C37H44ClN3O7.C32H37ClN2O5.C6H9ClO2/c1-2-46-35(44)37-22-26(37)11-6-4-3-5-7-16-31(39-36(45)48-28-13-8-9-14-28)34(43)41-23-24-17-18-30(47-29-15-10-12-27(38)21-29)19-25(24)20-32(41)33(42)40-37;1-3-39-31(38)32-19-24(32)11-8-6-4-5-7-10-21(2)30(37)35-20-22-14-15-27(40-26-13-9-12-25(33)18-26)16-23(22)17-28(35)29(36)34-32;7-6(8)9-5-3-1-2-4-5/h6,10-12,15,17-19,21,26,28,31-32H,2-5,7-9,13-14,16,20,22-23H2,1H3,(H,39,45)(H,40,42);8-9,11-16,18,21,24,28H,3-7,10,17,19-20H2,1-2H3,(H,34,36);5H,1-4H2/b11-6-;11-8-;/t26-,31+,32?,37-;21-,24+,28?,32+;/m10./s1. The molecule has 0 spiro atoms. The lowest BCUT2D eigenvalue weighted by Gasteiger charge is -2.38. The van der Waals surface area contributed by atoms with Gasteiger partial charge in [0.2, 0.25) is 23.6 Å². The number of benzene rings is 4. The minimum Gasteiger partial charge on any atom is -0.464 e. The number of nitrogens with one attached hydrogen (secondary N) is 3. The molecular weight excluding hydrogens is 1300 g/mol. The van der Waals surface area contributed by atoms with Gasteiger partial charge in [0.1, 0.15) is 64.4 Å². The maximum Gasteiger partial charge on any atom is 0.408 e. The average Bonchev–Trinajstić information content (AvgIpc) is 1.61. The van der Waals surface area contributed by atoms with Crippen LogP contribution in [0.4, 0.5) is 9.59 Å². The van der Waals surface area contributed by atoms with Crippen LogP contribution in [0, 0.1) is 17.8 Å². The number of allylic oxidation sites excluding steroid dienone is 2. The van der Waals surface area contributed by atoms with Crippen LogP contribution in [-0.2, 0) is 73.6 Å². The minimum absolute atomic E-state index is 0.0319. The summed E-state index contributed by atoms with van der Waals surface area (Å²) in [4.78, 5) is 109. The van der Waals surface area contributed by atoms with Crippen LogP contribution < -0.4 is 25.4 Å². The Morgan fingerprint density at radius 1 is 0.536 bits per heavy atom. The molecule has 520 valence electrons. The molecule has 4 fully saturated rings. The quantitative estimate of drug-likeness (QED) is 0.0548. The number of alkyl carbamates (subject to hydrolysis) is 1. The van der Waals surface area contributed by atoms with Gasteiger partial charge in [0, 0.05) is 65.3 Å². The Bertz CT molecular complexity index is 3560. The van der Waals surface area contributed by atoms with E-state index in [0.29, 0.717) is 65.3 Å². The van der Waals surface area contributed by atoms with Crippen molar-refractivity contribution in [1.82, 2.24) is 25.8 Å². The van der Waals surface area contributed by atoms with E-state index in [9.17, 15) is 38.4 Å². The molecule has 5 amide bonds. The summed E-state index contributed by atoms with van der Waals surface area (Å²) in [5.41, 5.74) is 0.700. The van der Waals surface area contributed by atoms with Crippen LogP contribution >= 0.6 is 34.8 Å². The van der Waals surface area contributed by atoms with E-state index in [1.807, 2.05) is 67.6 Å². The van der Waals surface area contributed by atoms with Gasteiger partial charge in [-0.3, -0.25) is 19.2 Å². The first kappa shape index (κ1) is 72.1. The van der Waals surface area contributed by atoms with Gasteiger partial charge in [0.05, 0.1) is 13.2 Å². The van der Waals surface area contributed by atoms with Gasteiger partial charge in [0.25, 0.3) is 0 Å². The normalized spacial score (nSPS) is 26.5. The SMILES string of the molecule is CCOC(=O)[C@@]12C[C@H]1/C=C\CCCCC[C@H](C)C(=O)N1Cc3ccc(Oc4cccc(Cl)c4)cc3CC1C(=O)N2.CCOC(=O)[C@@]12C[C@H]1/C=C\CCCCC[C@H](NC(=O)OC1CCCC1)C(=O)N1Cc3ccc(Oc4cccc(Cl)c4)cc3CC1C(=O)N2.O=C(Cl)OC1CCCC1. The van der Waals surface area contributed by atoms with E-state index in [2.05, 4.69) is 28.1 Å². The number of ether oxygens (including phenoxy) is 6. The average molecular weight is 1390 g/mol. The number of fused-ring (bicyclic) bond motifs is 6. The summed E-state index contributed by atoms with van der Waals surface area (Å²) >= 11 is 17.3. The summed E-state index contributed by atoms with van der Waals surface area (Å²) in [7, 11) is 0. The van der Waals surface area contributed by atoms with Crippen molar-refractivity contribution in [2.24, 2.45) is 17.8 Å². The number of halogens is 3. The molecule has 4 saturated carbocycles. The summed E-state index contributed by atoms with van der Waals surface area (Å²) in [6, 6.07) is 23.1. The first-order valence-corrected chi connectivity index (χ1v) is 35.8. The van der Waals surface area contributed by atoms with Crippen molar-refractivity contribution in [3.63, 3.8) is 0 Å². The Morgan fingerprint density at radius 2 is 0.979 bits per heavy atom. The Hall–Kier alpha value is -7.61. The van der Waals surface area contributed by atoms with Crippen molar-refractivity contribution in [3.8, 4) is 23.0 Å². The van der Waals surface area contributed by atoms with Gasteiger partial charge in [-0.1, -0.05) is 104 Å². The highest BCUT2D eigenvalue weighted by atomic mass is 35.5. The summed E-state index contributed by atoms with van der Waals surface area (Å²) in [6.07, 6.45) is 25.4. The van der Waals surface area contributed by atoms with Crippen molar-refractivity contribution >= 4 is 81.9 Å². The molecule has 0 saturated heterocycles. The van der Waals surface area contributed by atoms with Crippen molar-refractivity contribution < 1.29 is 66.8 Å². The highest BCUT2D eigenvalue weighted by molar-refractivity contribution is 6.61. The lowest BCUT2D eigenvalue weighted by molar-refractivity contribution is -0.151. The largest absolute Gasteiger partial charge is 0.464 e. The Labute approximate surface area is 583 Å². The third kappa shape index (κ3) is 19.0. The molecule has 0 bridgehead atoms. The van der Waals surface area contributed by atoms with Crippen LogP contribution in [0.5, 0.6) is 23.0 Å². The first-order chi connectivity index (χ1) is 46.8. The van der Waals surface area contributed by atoms with Crippen molar-refractivity contribution in [1.29, 1.82) is 0 Å². The lowest BCUT2D eigenvalue weighted by atomic mass is 9.91. The van der Waals surface area contributed by atoms with E-state index >= 15 is 0 Å². The molecular formula is C75H90Cl3N5O14. The second-order valence-corrected chi connectivity index (χ2v) is 27.8. The van der Waals surface area contributed by atoms with E-state index in [4.69, 9.17) is 63.2 Å². The predicted molar refractivity (Wildman–Crippen MR) is 367 cm³/mol. The topological polar surface area (TPSA) is 235 Å². The van der Waals surface area contributed by atoms with Crippen LogP contribution in [0.2, 0.25) is 10.0 Å². The van der Waals surface area contributed by atoms with E-state index < -0.39 is 58.6 Å². The lowest BCUT2D eigenvalue weighted by Crippen LogP contribution is -2.60. The minimum atomic E-state index is -1.18. The number of rotatable bonds is 11. The zero-order chi connectivity index (χ0) is 68.6. The van der Waals surface area contributed by atoms with Gasteiger partial charge in [-0.25, -0.2) is 19.2 Å². The van der Waals surface area contributed by atoms with Gasteiger partial charge < -0.3 is 54.2 Å². The number of hydrogen-bond acceptors (Lipinski definition) is 14. The summed E-state index contributed by atoms with van der Waals surface area (Å²) in [6.45, 7) is 6.35. The van der Waals surface area contributed by atoms with Crippen molar-refractivity contribution in [2.45, 2.75) is 217 Å². The van der Waals surface area contributed by atoms with Crippen LogP contribution in [-0.4, -0.2) is 112 Å². The first-order valence-electron chi connectivity index (χ1n) is 34.7. The van der Waals surface area contributed by atoms with Gasteiger partial charge in [-0.05, 0) is 199 Å². The number of amides is 5. The molecule has 0 aromatic heterocycles. The van der Waals surface area contributed by atoms with E-state index in [1.54, 1.807) is 60.0 Å². The molecule has 4 heterocycles. The maximum absolute atomic E-state index is 14.4. The molecule has 0 radical (unpaired) electrons. The molecule has 4 aliphatic heterocycles. The third-order valence-electron chi connectivity index (χ3n) is 19.6. The second kappa shape index (κ2) is 33.8. The van der Waals surface area contributed by atoms with E-state index in [1.165, 1.54) is 0 Å². The molecule has 4 aliphatic carbocycles. The summed E-state index contributed by atoms with van der Waals surface area (Å²) < 4.78 is 33.3. The Morgan fingerprint density at radius 3 is 1.44 bits per heavy atom. The molecule has 12 rings (SSSR count). The van der Waals surface area contributed by atoms with Gasteiger partial charge in [-0.15, -0.1) is 0 Å². The molecule has 4 aromatic rings. The van der Waals surface area contributed by atoms with Gasteiger partial charge in [-0.2, -0.15) is 0 Å². The fraction of sp³-hybridized carbons (Fsp3) is 0.520. The Kier molecular flexibility index (Phi) is 25.1. The van der Waals surface area contributed by atoms with Crippen LogP contribution in [0.15, 0.2) is 109 Å². The monoisotopic (exact) mass is 1390 g/mol. The molecule has 2 unspecified atom stereocenters. The Balaban J connectivity index is 0.000000188. The summed E-state index contributed by atoms with van der Waals surface area (Å²) in [5.74, 6) is -0.165. The van der Waals surface area contributed by atoms with Crippen molar-refractivity contribution in [3.05, 3.63) is 142 Å². The number of esters is 2. The number of carbonyl (C=O) groups excluding carboxylic acids is 8. The van der Waals surface area contributed by atoms with Gasteiger partial charge >= 0.3 is 23.5 Å². The highest BCUT2D eigenvalue weighted by Crippen LogP contribution is 2.48. The van der Waals surface area contributed by atoms with E-state index in [0.717, 1.165) is 131 Å². The number of carbonyl (C=O) groups is 8. The number of nitrogens with zero attached hydrogens (tertiary/aromatic N) is 2. The summed E-state index contributed by atoms with van der Waals surface area (Å²) in [5, 5.41) is 10.0. The zero-order valence-corrected chi connectivity index (χ0v) is 57.9.